The van der Waals surface area contributed by atoms with Gasteiger partial charge in [0.15, 0.2) is 0 Å². The van der Waals surface area contributed by atoms with E-state index in [0.29, 0.717) is 6.04 Å². The van der Waals surface area contributed by atoms with E-state index < -0.39 is 0 Å². The summed E-state index contributed by atoms with van der Waals surface area (Å²) in [5.41, 5.74) is 2.64. The number of aliphatic hydroxyl groups excluding tert-OH is 1. The molecule has 1 aromatic carbocycles. The minimum atomic E-state index is 0.235. The van der Waals surface area contributed by atoms with Crippen molar-refractivity contribution in [3.8, 4) is 0 Å². The molecule has 0 saturated heterocycles. The predicted octanol–water partition coefficient (Wildman–Crippen LogP) is 4.27. The molecule has 1 unspecified atom stereocenters. The third kappa shape index (κ3) is 3.32. The van der Waals surface area contributed by atoms with Gasteiger partial charge in [-0.3, -0.25) is 4.90 Å². The van der Waals surface area contributed by atoms with E-state index in [9.17, 15) is 5.11 Å². The van der Waals surface area contributed by atoms with E-state index in [2.05, 4.69) is 22.4 Å². The van der Waals surface area contributed by atoms with Crippen molar-refractivity contribution < 1.29 is 5.11 Å². The zero-order valence-corrected chi connectivity index (χ0v) is 13.5. The van der Waals surface area contributed by atoms with Crippen LogP contribution in [0.5, 0.6) is 0 Å². The van der Waals surface area contributed by atoms with Gasteiger partial charge < -0.3 is 5.11 Å². The number of nitrogens with zero attached hydrogens (tertiary/aromatic N) is 1. The Balaban J connectivity index is 1.85. The summed E-state index contributed by atoms with van der Waals surface area (Å²) in [6.45, 7) is 2.29. The van der Waals surface area contributed by atoms with Crippen molar-refractivity contribution in [1.82, 2.24) is 4.90 Å². The van der Waals surface area contributed by atoms with Crippen molar-refractivity contribution in [3.05, 3.63) is 56.7 Å². The summed E-state index contributed by atoms with van der Waals surface area (Å²) in [4.78, 5) is 4.03. The number of hydrogen-bond donors (Lipinski definition) is 1. The molecule has 1 aliphatic rings. The van der Waals surface area contributed by atoms with E-state index in [1.54, 1.807) is 0 Å². The number of halogens is 1. The van der Waals surface area contributed by atoms with E-state index in [1.807, 2.05) is 29.5 Å². The number of aliphatic hydroxyl groups is 1. The topological polar surface area (TPSA) is 23.5 Å². The van der Waals surface area contributed by atoms with Crippen molar-refractivity contribution in [1.29, 1.82) is 0 Å². The Morgan fingerprint density at radius 3 is 2.95 bits per heavy atom. The predicted molar refractivity (Wildman–Crippen MR) is 88.9 cm³/mol. The fraction of sp³-hybridized carbons (Fsp3) is 0.412. The first kappa shape index (κ1) is 15.0. The van der Waals surface area contributed by atoms with Crippen LogP contribution in [0.3, 0.4) is 0 Å². The first-order chi connectivity index (χ1) is 10.3. The summed E-state index contributed by atoms with van der Waals surface area (Å²) >= 11 is 8.27. The van der Waals surface area contributed by atoms with Crippen LogP contribution in [0.25, 0.3) is 0 Å². The van der Waals surface area contributed by atoms with Crippen LogP contribution in [0, 0.1) is 0 Å². The molecule has 0 bridgehead atoms. The molecule has 2 nitrogen and oxygen atoms in total. The van der Waals surface area contributed by atoms with Gasteiger partial charge in [-0.05, 0) is 47.9 Å². The van der Waals surface area contributed by atoms with Crippen LogP contribution in [0.15, 0.2) is 35.7 Å². The maximum atomic E-state index is 9.20. The number of benzene rings is 1. The molecule has 4 heteroatoms. The van der Waals surface area contributed by atoms with Crippen LogP contribution in [-0.4, -0.2) is 23.2 Å². The Kier molecular flexibility index (Phi) is 4.96. The van der Waals surface area contributed by atoms with E-state index in [4.69, 9.17) is 11.6 Å². The van der Waals surface area contributed by atoms with E-state index in [0.717, 1.165) is 37.4 Å². The lowest BCUT2D eigenvalue weighted by Crippen LogP contribution is -2.33. The summed E-state index contributed by atoms with van der Waals surface area (Å²) in [6.07, 6.45) is 2.87. The lowest BCUT2D eigenvalue weighted by molar-refractivity contribution is 0.159. The summed E-state index contributed by atoms with van der Waals surface area (Å²) in [6, 6.07) is 10.6. The molecule has 0 spiro atoms. The number of thiophene rings is 1. The highest BCUT2D eigenvalue weighted by molar-refractivity contribution is 7.10. The van der Waals surface area contributed by atoms with Crippen molar-refractivity contribution in [2.75, 3.05) is 13.2 Å². The molecule has 2 heterocycles. The van der Waals surface area contributed by atoms with E-state index >= 15 is 0 Å². The molecule has 21 heavy (non-hydrogen) atoms. The zero-order valence-electron chi connectivity index (χ0n) is 12.0. The number of hydrogen-bond acceptors (Lipinski definition) is 3. The third-order valence-corrected chi connectivity index (χ3v) is 5.55. The van der Waals surface area contributed by atoms with Crippen molar-refractivity contribution >= 4 is 22.9 Å². The molecule has 1 N–H and O–H groups in total. The van der Waals surface area contributed by atoms with E-state index in [-0.39, 0.29) is 6.61 Å². The molecule has 3 rings (SSSR count). The average molecular weight is 322 g/mol. The molecule has 1 aliphatic heterocycles. The molecule has 112 valence electrons. The smallest absolute Gasteiger partial charge is 0.0453 e. The largest absolute Gasteiger partial charge is 0.396 e. The Bertz CT molecular complexity index is 598. The summed E-state index contributed by atoms with van der Waals surface area (Å²) < 4.78 is 0. The molecule has 0 amide bonds. The maximum Gasteiger partial charge on any atom is 0.0453 e. The van der Waals surface area contributed by atoms with Gasteiger partial charge in [-0.1, -0.05) is 29.8 Å². The van der Waals surface area contributed by atoms with Gasteiger partial charge in [0.1, 0.15) is 0 Å². The van der Waals surface area contributed by atoms with Gasteiger partial charge in [-0.25, -0.2) is 0 Å². The van der Waals surface area contributed by atoms with Crippen molar-refractivity contribution in [3.63, 3.8) is 0 Å². The van der Waals surface area contributed by atoms with Gasteiger partial charge in [0.05, 0.1) is 0 Å². The maximum absolute atomic E-state index is 9.20. The average Bonchev–Trinajstić information content (AvgIpc) is 2.97. The molecule has 0 saturated carbocycles. The second kappa shape index (κ2) is 6.93. The molecule has 1 atom stereocenters. The zero-order chi connectivity index (χ0) is 14.7. The molecule has 0 aliphatic carbocycles. The Labute approximate surface area is 135 Å². The van der Waals surface area contributed by atoms with Crippen LogP contribution in [-0.2, 0) is 13.0 Å². The highest BCUT2D eigenvalue weighted by atomic mass is 35.5. The van der Waals surface area contributed by atoms with Crippen LogP contribution < -0.4 is 0 Å². The van der Waals surface area contributed by atoms with Gasteiger partial charge >= 0.3 is 0 Å². The van der Waals surface area contributed by atoms with Gasteiger partial charge in [-0.2, -0.15) is 0 Å². The number of fused-ring (bicyclic) bond motifs is 1. The summed E-state index contributed by atoms with van der Waals surface area (Å²) in [5, 5.41) is 12.2. The van der Waals surface area contributed by atoms with Gasteiger partial charge in [0.2, 0.25) is 0 Å². The van der Waals surface area contributed by atoms with Gasteiger partial charge in [0.25, 0.3) is 0 Å². The number of rotatable bonds is 5. The second-order valence-electron chi connectivity index (χ2n) is 5.49. The van der Waals surface area contributed by atoms with Crippen LogP contribution >= 0.6 is 22.9 Å². The monoisotopic (exact) mass is 321 g/mol. The molecule has 2 aromatic rings. The van der Waals surface area contributed by atoms with Gasteiger partial charge in [-0.15, -0.1) is 11.3 Å². The first-order valence-electron chi connectivity index (χ1n) is 7.44. The van der Waals surface area contributed by atoms with Crippen LogP contribution in [0.1, 0.15) is 34.9 Å². The van der Waals surface area contributed by atoms with Crippen molar-refractivity contribution in [2.45, 2.75) is 31.8 Å². The molecule has 0 fully saturated rings. The fourth-order valence-electron chi connectivity index (χ4n) is 3.10. The highest BCUT2D eigenvalue weighted by Crippen LogP contribution is 2.35. The third-order valence-electron chi connectivity index (χ3n) is 4.18. The van der Waals surface area contributed by atoms with Crippen molar-refractivity contribution in [2.24, 2.45) is 0 Å². The first-order valence-corrected chi connectivity index (χ1v) is 8.70. The van der Waals surface area contributed by atoms with Crippen LogP contribution in [0.4, 0.5) is 0 Å². The fourth-order valence-corrected chi connectivity index (χ4v) is 4.25. The molecule has 0 radical (unpaired) electrons. The minimum absolute atomic E-state index is 0.235. The minimum Gasteiger partial charge on any atom is -0.396 e. The summed E-state index contributed by atoms with van der Waals surface area (Å²) in [7, 11) is 0. The molecular formula is C17H20ClNOS. The lowest BCUT2D eigenvalue weighted by Gasteiger charge is -2.35. The molecular weight excluding hydrogens is 302 g/mol. The second-order valence-corrected chi connectivity index (χ2v) is 6.90. The normalized spacial score (nSPS) is 16.7. The van der Waals surface area contributed by atoms with Crippen LogP contribution in [0.2, 0.25) is 5.02 Å². The Hall–Kier alpha value is -0.870. The highest BCUT2D eigenvalue weighted by Gasteiger charge is 2.26. The summed E-state index contributed by atoms with van der Waals surface area (Å²) in [5.74, 6) is 0. The Morgan fingerprint density at radius 1 is 1.29 bits per heavy atom. The Morgan fingerprint density at radius 2 is 2.14 bits per heavy atom. The quantitative estimate of drug-likeness (QED) is 0.888. The lowest BCUT2D eigenvalue weighted by atomic mass is 9.97. The van der Waals surface area contributed by atoms with E-state index in [1.165, 1.54) is 16.0 Å². The van der Waals surface area contributed by atoms with Gasteiger partial charge in [0, 0.05) is 35.6 Å². The SMILES string of the molecule is OCCCC(c1ccccc1Cl)N1CCc2sccc2C1. The molecule has 1 aromatic heterocycles. The standard InChI is InChI=1S/C17H20ClNOS/c18-15-5-2-1-4-14(15)16(6-3-10-20)19-9-7-17-13(12-19)8-11-21-17/h1-2,4-5,8,11,16,20H,3,6-7,9-10,12H2.